The third-order valence-electron chi connectivity index (χ3n) is 17.0. The molecule has 80 heavy (non-hydrogen) atoms. The van der Waals surface area contributed by atoms with Crippen molar-refractivity contribution in [3.05, 3.63) is 127 Å². The van der Waals surface area contributed by atoms with Crippen molar-refractivity contribution in [1.29, 1.82) is 0 Å². The minimum Gasteiger partial charge on any atom is -0.370 e. The molecule has 0 radical (unpaired) electrons. The molecule has 4 aromatic carbocycles. The minimum atomic E-state index is -3.99. The number of hydrogen-bond donors (Lipinski definition) is 6. The van der Waals surface area contributed by atoms with Crippen LogP contribution in [0.1, 0.15) is 114 Å². The molecule has 434 valence electrons. The smallest absolute Gasteiger partial charge is 0.314 e. The van der Waals surface area contributed by atoms with Gasteiger partial charge in [0.1, 0.15) is 0 Å². The van der Waals surface area contributed by atoms with Crippen LogP contribution in [0.25, 0.3) is 0 Å². The molecule has 4 aliphatic rings. The van der Waals surface area contributed by atoms with Crippen LogP contribution in [0.2, 0.25) is 10.0 Å². The molecule has 4 aliphatic heterocycles. The Morgan fingerprint density at radius 3 is 1.39 bits per heavy atom. The normalized spacial score (nSPS) is 19.2. The Kier molecular flexibility index (Phi) is 20.0. The fourth-order valence-electron chi connectivity index (χ4n) is 12.9. The minimum absolute atomic E-state index is 0.0807. The van der Waals surface area contributed by atoms with E-state index >= 15 is 0 Å². The largest absolute Gasteiger partial charge is 0.370 e. The van der Waals surface area contributed by atoms with Crippen molar-refractivity contribution >= 4 is 67.1 Å². The zero-order valence-corrected chi connectivity index (χ0v) is 49.5. The Bertz CT molecular complexity index is 2980. The average Bonchev–Trinajstić information content (AvgIpc) is 3.46. The molecule has 2 saturated heterocycles. The summed E-state index contributed by atoms with van der Waals surface area (Å²) >= 11 is 13.1. The highest BCUT2D eigenvalue weighted by Gasteiger charge is 2.52. The summed E-state index contributed by atoms with van der Waals surface area (Å²) in [5.74, 6) is -1.94. The molecule has 4 heterocycles. The summed E-state index contributed by atoms with van der Waals surface area (Å²) in [4.78, 5) is 55.4. The summed E-state index contributed by atoms with van der Waals surface area (Å²) in [5, 5.41) is 12.4. The van der Waals surface area contributed by atoms with Crippen molar-refractivity contribution in [2.75, 3.05) is 79.5 Å². The number of piperidine rings is 2. The number of sulfonamides is 2. The Morgan fingerprint density at radius 1 is 0.588 bits per heavy atom. The molecule has 0 aromatic heterocycles. The summed E-state index contributed by atoms with van der Waals surface area (Å²) in [6, 6.07) is 21.4. The van der Waals surface area contributed by atoms with Crippen LogP contribution in [-0.4, -0.2) is 139 Å². The molecule has 2 fully saturated rings. The van der Waals surface area contributed by atoms with Gasteiger partial charge in [0.25, 0.3) is 0 Å². The second-order valence-corrected chi connectivity index (χ2v) is 27.1. The maximum Gasteiger partial charge on any atom is 0.314 e. The number of carbonyl (C=O) groups excluding carboxylic acids is 4. The van der Waals surface area contributed by atoms with Crippen LogP contribution in [0.3, 0.4) is 0 Å². The van der Waals surface area contributed by atoms with E-state index in [9.17, 15) is 36.0 Å². The monoisotopic (exact) mass is 1180 g/mol. The van der Waals surface area contributed by atoms with Gasteiger partial charge in [-0.1, -0.05) is 47.5 Å². The number of nitrogens with two attached hydrogens (primary N) is 2. The van der Waals surface area contributed by atoms with E-state index in [2.05, 4.69) is 45.2 Å². The van der Waals surface area contributed by atoms with Crippen molar-refractivity contribution in [2.45, 2.75) is 106 Å². The highest BCUT2D eigenvalue weighted by atomic mass is 35.5. The summed E-state index contributed by atoms with van der Waals surface area (Å²) < 4.78 is 61.4. The van der Waals surface area contributed by atoms with Gasteiger partial charge in [-0.25, -0.2) is 26.4 Å². The quantitative estimate of drug-likeness (QED) is 0.0478. The second kappa shape index (κ2) is 26.3. The van der Waals surface area contributed by atoms with E-state index < -0.39 is 43.3 Å². The van der Waals surface area contributed by atoms with Crippen LogP contribution >= 0.6 is 23.2 Å². The van der Waals surface area contributed by atoms with E-state index in [1.165, 1.54) is 19.7 Å². The van der Waals surface area contributed by atoms with Gasteiger partial charge in [-0.2, -0.15) is 8.61 Å². The van der Waals surface area contributed by atoms with Gasteiger partial charge in [0.15, 0.2) is 0 Å². The van der Waals surface area contributed by atoms with Crippen molar-refractivity contribution in [3.8, 4) is 0 Å². The molecule has 2 atom stereocenters. The van der Waals surface area contributed by atoms with Gasteiger partial charge in [-0.3, -0.25) is 9.59 Å². The number of likely N-dealkylation sites (N-methyl/N-ethyl adjacent to an activating group) is 2. The lowest BCUT2D eigenvalue weighted by Gasteiger charge is -2.49. The number of aryl methyl sites for hydroxylation is 2. The standard InChI is InChI=1S/C58H78Cl2N10O8S2/c1-38-28-44(59)32-48-50(38)34-67(3)36-52(48)40-10-7-12-46(30-40)79(75,76)69-24-15-42(16-25-69)58(55(62)72,19-23-66-57(74)64-21-6-5-20-63-56(73)65-22-9-14-54(61)71)43-17-26-70(27-18-43)80(77,78)47-13-8-11-41(31-47)53-37-68(4)35-51-39(2)29-45(60)33-49(51)53/h7-8,10-13,28-33,42-43,52-53H,5-6,9,14-27,34-37H2,1-4H3,(H2,61,71)(H2,62,72)(H2,63,65,73)(H2,64,66,74)/t52-,53-/m0/s1. The number of benzene rings is 4. The Labute approximate surface area is 482 Å². The van der Waals surface area contributed by atoms with E-state index in [0.717, 1.165) is 46.5 Å². The van der Waals surface area contributed by atoms with Gasteiger partial charge in [0.2, 0.25) is 31.9 Å². The predicted molar refractivity (Wildman–Crippen MR) is 311 cm³/mol. The van der Waals surface area contributed by atoms with Crippen LogP contribution < -0.4 is 32.7 Å². The van der Waals surface area contributed by atoms with Crippen LogP contribution in [0.4, 0.5) is 9.59 Å². The molecule has 4 aromatic rings. The van der Waals surface area contributed by atoms with E-state index in [1.807, 2.05) is 50.2 Å². The Morgan fingerprint density at radius 2 is 0.988 bits per heavy atom. The van der Waals surface area contributed by atoms with Crippen LogP contribution in [-0.2, 0) is 42.7 Å². The summed E-state index contributed by atoms with van der Waals surface area (Å²) in [5.41, 5.74) is 19.0. The molecular formula is C58H78Cl2N10O8S2. The fourth-order valence-corrected chi connectivity index (χ4v) is 16.5. The molecule has 0 spiro atoms. The van der Waals surface area contributed by atoms with Crippen molar-refractivity contribution < 1.29 is 36.0 Å². The molecule has 8 N–H and O–H groups in total. The number of hydrogen-bond acceptors (Lipinski definition) is 10. The third-order valence-corrected chi connectivity index (χ3v) is 21.3. The van der Waals surface area contributed by atoms with Gasteiger partial charge in [-0.05, 0) is 184 Å². The molecule has 8 rings (SSSR count). The van der Waals surface area contributed by atoms with E-state index in [1.54, 1.807) is 36.4 Å². The van der Waals surface area contributed by atoms with E-state index in [0.29, 0.717) is 87.7 Å². The Balaban J connectivity index is 0.959. The van der Waals surface area contributed by atoms with E-state index in [-0.39, 0.29) is 85.1 Å². The molecule has 6 amide bonds. The first-order chi connectivity index (χ1) is 38.1. The maximum atomic E-state index is 14.6. The van der Waals surface area contributed by atoms with Crippen LogP contribution in [0, 0.1) is 31.1 Å². The molecular weight excluding hydrogens is 1100 g/mol. The highest BCUT2D eigenvalue weighted by Crippen LogP contribution is 2.49. The predicted octanol–water partition coefficient (Wildman–Crippen LogP) is 6.77. The summed E-state index contributed by atoms with van der Waals surface area (Å²) in [6.07, 6.45) is 3.23. The first-order valence-electron chi connectivity index (χ1n) is 27.8. The number of amides is 6. The molecule has 18 nitrogen and oxygen atoms in total. The second-order valence-electron chi connectivity index (χ2n) is 22.4. The highest BCUT2D eigenvalue weighted by molar-refractivity contribution is 7.89. The Hall–Kier alpha value is -5.32. The van der Waals surface area contributed by atoms with Crippen molar-refractivity contribution in [1.82, 2.24) is 39.7 Å². The number of urea groups is 2. The average molecular weight is 1180 g/mol. The zero-order chi connectivity index (χ0) is 57.5. The topological polar surface area (TPSA) is 250 Å². The molecule has 0 saturated carbocycles. The zero-order valence-electron chi connectivity index (χ0n) is 46.4. The lowest BCUT2D eigenvalue weighted by Crippen LogP contribution is -2.56. The number of fused-ring (bicyclic) bond motifs is 2. The van der Waals surface area contributed by atoms with Gasteiger partial charge in [0, 0.05) is 107 Å². The summed E-state index contributed by atoms with van der Waals surface area (Å²) in [7, 11) is -3.87. The van der Waals surface area contributed by atoms with Gasteiger partial charge < -0.3 is 42.5 Å². The molecule has 22 heteroatoms. The lowest BCUT2D eigenvalue weighted by atomic mass is 9.59. The van der Waals surface area contributed by atoms with Crippen molar-refractivity contribution in [2.24, 2.45) is 28.7 Å². The van der Waals surface area contributed by atoms with Gasteiger partial charge >= 0.3 is 12.1 Å². The first kappa shape index (κ1) is 60.8. The number of halogens is 2. The number of rotatable bonds is 21. The first-order valence-corrected chi connectivity index (χ1v) is 31.5. The summed E-state index contributed by atoms with van der Waals surface area (Å²) in [6.45, 7) is 8.62. The van der Waals surface area contributed by atoms with Gasteiger partial charge in [0.05, 0.1) is 15.2 Å². The van der Waals surface area contributed by atoms with Crippen LogP contribution in [0.5, 0.6) is 0 Å². The number of unbranched alkanes of at least 4 members (excludes halogenated alkanes) is 1. The van der Waals surface area contributed by atoms with E-state index in [4.69, 9.17) is 34.7 Å². The number of nitrogens with one attached hydrogen (secondary N) is 4. The number of primary amides is 2. The number of carbonyl (C=O) groups is 4. The lowest BCUT2D eigenvalue weighted by molar-refractivity contribution is -0.139. The SMILES string of the molecule is Cc1cc(Cl)cc2c1CN(C)C[C@H]2c1cccc(S(=O)(=O)N2CCC(C(CCNC(=O)NCCCCNC(=O)NCCCC(N)=O)(C(N)=O)C3CCN(S(=O)(=O)c4cccc([C@@H]5CN(C)Cc6c(C)cc(Cl)cc65)c4)CC3)CC2)c1. The fraction of sp³-hybridized carbons (Fsp3) is 0.517. The van der Waals surface area contributed by atoms with Gasteiger partial charge in [-0.15, -0.1) is 0 Å². The van der Waals surface area contributed by atoms with Crippen LogP contribution in [0.15, 0.2) is 82.6 Å². The number of nitrogens with zero attached hydrogens (tertiary/aromatic N) is 4. The maximum absolute atomic E-state index is 14.6. The molecule has 0 bridgehead atoms. The third kappa shape index (κ3) is 13.9. The van der Waals surface area contributed by atoms with Crippen molar-refractivity contribution in [3.63, 3.8) is 0 Å². The molecule has 0 aliphatic carbocycles. The molecule has 0 unspecified atom stereocenters.